The van der Waals surface area contributed by atoms with Crippen LogP contribution in [0.1, 0.15) is 19.4 Å². The zero-order valence-corrected chi connectivity index (χ0v) is 14.2. The number of rotatable bonds is 4. The van der Waals surface area contributed by atoms with Gasteiger partial charge in [0, 0.05) is 30.2 Å². The lowest BCUT2D eigenvalue weighted by Gasteiger charge is -2.21. The van der Waals surface area contributed by atoms with Crippen LogP contribution in [-0.4, -0.2) is 18.9 Å². The summed E-state index contributed by atoms with van der Waals surface area (Å²) >= 11 is 0. The Bertz CT molecular complexity index is 1030. The van der Waals surface area contributed by atoms with Gasteiger partial charge >= 0.3 is 5.63 Å². The summed E-state index contributed by atoms with van der Waals surface area (Å²) in [6.07, 6.45) is 0. The molecule has 0 amide bonds. The summed E-state index contributed by atoms with van der Waals surface area (Å²) < 4.78 is 5.56. The predicted octanol–water partition coefficient (Wildman–Crippen LogP) is 3.97. The van der Waals surface area contributed by atoms with Crippen molar-refractivity contribution >= 4 is 33.9 Å². The summed E-state index contributed by atoms with van der Waals surface area (Å²) in [6, 6.07) is 15.3. The van der Waals surface area contributed by atoms with Crippen LogP contribution in [0.25, 0.3) is 11.0 Å². The number of hydrogen-bond donors (Lipinski definition) is 0. The number of amidine groups is 1. The highest BCUT2D eigenvalue weighted by atomic mass is 16.4. The average molecular weight is 332 g/mol. The second-order valence-electron chi connectivity index (χ2n) is 5.88. The van der Waals surface area contributed by atoms with Gasteiger partial charge in [-0.25, -0.2) is 15.1 Å². The molecule has 0 saturated carbocycles. The first-order valence-corrected chi connectivity index (χ1v) is 8.42. The van der Waals surface area contributed by atoms with E-state index in [-0.39, 0.29) is 0 Å². The molecule has 4 rings (SSSR count). The van der Waals surface area contributed by atoms with Crippen molar-refractivity contribution < 1.29 is 4.42 Å². The minimum atomic E-state index is -0.417. The van der Waals surface area contributed by atoms with Gasteiger partial charge in [0.1, 0.15) is 11.1 Å². The third kappa shape index (κ3) is 2.67. The van der Waals surface area contributed by atoms with E-state index < -0.39 is 5.63 Å². The van der Waals surface area contributed by atoms with Crippen molar-refractivity contribution in [3.63, 3.8) is 0 Å². The van der Waals surface area contributed by atoms with E-state index in [0.29, 0.717) is 17.0 Å². The SMILES string of the molecule is CCN(CC)c1ccc2cc(C3=Nc4ccccc4[N]3)c(=O)oc2c1. The van der Waals surface area contributed by atoms with Crippen LogP contribution in [-0.2, 0) is 0 Å². The van der Waals surface area contributed by atoms with E-state index in [4.69, 9.17) is 4.42 Å². The molecule has 0 aliphatic carbocycles. The molecule has 0 saturated heterocycles. The molecule has 1 aromatic heterocycles. The molecule has 5 nitrogen and oxygen atoms in total. The van der Waals surface area contributed by atoms with Crippen molar-refractivity contribution in [2.75, 3.05) is 18.0 Å². The molecule has 0 bridgehead atoms. The van der Waals surface area contributed by atoms with E-state index in [0.717, 1.165) is 35.5 Å². The van der Waals surface area contributed by atoms with Gasteiger partial charge in [0.25, 0.3) is 0 Å². The van der Waals surface area contributed by atoms with Gasteiger partial charge in [-0.05, 0) is 44.2 Å². The van der Waals surface area contributed by atoms with Gasteiger partial charge in [-0.2, -0.15) is 0 Å². The zero-order chi connectivity index (χ0) is 17.4. The Morgan fingerprint density at radius 1 is 1.00 bits per heavy atom. The number of fused-ring (bicyclic) bond motifs is 2. The van der Waals surface area contributed by atoms with Crippen LogP contribution in [0.5, 0.6) is 0 Å². The molecule has 2 aromatic carbocycles. The predicted molar refractivity (Wildman–Crippen MR) is 100 cm³/mol. The Hall–Kier alpha value is -3.08. The van der Waals surface area contributed by atoms with Crippen LogP contribution in [0.4, 0.5) is 17.1 Å². The molecule has 1 radical (unpaired) electrons. The van der Waals surface area contributed by atoms with Gasteiger partial charge in [-0.1, -0.05) is 12.1 Å². The van der Waals surface area contributed by atoms with Crippen LogP contribution in [0.2, 0.25) is 0 Å². The first kappa shape index (κ1) is 15.4. The summed E-state index contributed by atoms with van der Waals surface area (Å²) in [5.74, 6) is 0.407. The largest absolute Gasteiger partial charge is 0.422 e. The molecule has 5 heteroatoms. The van der Waals surface area contributed by atoms with E-state index in [2.05, 4.69) is 29.1 Å². The highest BCUT2D eigenvalue weighted by Crippen LogP contribution is 2.31. The molecule has 3 aromatic rings. The van der Waals surface area contributed by atoms with Gasteiger partial charge in [-0.15, -0.1) is 0 Å². The second kappa shape index (κ2) is 6.09. The fraction of sp³-hybridized carbons (Fsp3) is 0.200. The maximum absolute atomic E-state index is 12.5. The van der Waals surface area contributed by atoms with Crippen molar-refractivity contribution in [1.82, 2.24) is 5.32 Å². The Balaban J connectivity index is 1.77. The summed E-state index contributed by atoms with van der Waals surface area (Å²) in [4.78, 5) is 19.1. The quantitative estimate of drug-likeness (QED) is 0.679. The number of aliphatic imine (C=N–C) groups is 1. The van der Waals surface area contributed by atoms with Gasteiger partial charge in [0.05, 0.1) is 11.4 Å². The smallest absolute Gasteiger partial charge is 0.347 e. The lowest BCUT2D eigenvalue weighted by molar-refractivity contribution is 0.559. The number of para-hydroxylation sites is 2. The highest BCUT2D eigenvalue weighted by Gasteiger charge is 2.20. The summed E-state index contributed by atoms with van der Waals surface area (Å²) in [6.45, 7) is 6.01. The summed E-state index contributed by atoms with van der Waals surface area (Å²) in [5.41, 5.74) is 3.14. The molecule has 25 heavy (non-hydrogen) atoms. The van der Waals surface area contributed by atoms with Crippen molar-refractivity contribution in [3.05, 3.63) is 64.5 Å². The monoisotopic (exact) mass is 332 g/mol. The van der Waals surface area contributed by atoms with Gasteiger partial charge in [0.15, 0.2) is 5.84 Å². The number of hydrogen-bond acceptors (Lipinski definition) is 4. The Kier molecular flexibility index (Phi) is 3.76. The van der Waals surface area contributed by atoms with Crippen LogP contribution < -0.4 is 15.8 Å². The average Bonchev–Trinajstić information content (AvgIpc) is 3.06. The van der Waals surface area contributed by atoms with Crippen LogP contribution >= 0.6 is 0 Å². The molecule has 0 unspecified atom stereocenters. The second-order valence-corrected chi connectivity index (χ2v) is 5.88. The van der Waals surface area contributed by atoms with E-state index in [1.54, 1.807) is 6.07 Å². The van der Waals surface area contributed by atoms with Crippen molar-refractivity contribution in [2.45, 2.75) is 13.8 Å². The lowest BCUT2D eigenvalue weighted by Crippen LogP contribution is -2.22. The summed E-state index contributed by atoms with van der Waals surface area (Å²) in [7, 11) is 0. The molecular formula is C20H18N3O2. The molecule has 125 valence electrons. The third-order valence-corrected chi connectivity index (χ3v) is 4.42. The lowest BCUT2D eigenvalue weighted by atomic mass is 10.1. The molecule has 1 aliphatic heterocycles. The summed E-state index contributed by atoms with van der Waals surface area (Å²) in [5, 5.41) is 5.30. The molecule has 2 heterocycles. The normalized spacial score (nSPS) is 12.6. The van der Waals surface area contributed by atoms with Crippen LogP contribution in [0.15, 0.2) is 62.7 Å². The fourth-order valence-electron chi connectivity index (χ4n) is 3.07. The van der Waals surface area contributed by atoms with Gasteiger partial charge in [-0.3, -0.25) is 0 Å². The molecule has 0 fully saturated rings. The molecule has 1 aliphatic rings. The fourth-order valence-corrected chi connectivity index (χ4v) is 3.07. The molecule has 0 atom stereocenters. The van der Waals surface area contributed by atoms with E-state index in [9.17, 15) is 4.79 Å². The Morgan fingerprint density at radius 3 is 2.48 bits per heavy atom. The standard InChI is InChI=1S/C20H18N3O2/c1-3-23(4-2)14-10-9-13-11-15(20(24)25-18(13)12-14)19-21-16-7-5-6-8-17(16)22-19/h5-12H,3-4H2,1-2H3. The van der Waals surface area contributed by atoms with Crippen molar-refractivity contribution in [1.29, 1.82) is 0 Å². The minimum absolute atomic E-state index is 0.388. The number of anilines is 1. The van der Waals surface area contributed by atoms with E-state index in [1.807, 2.05) is 42.5 Å². The zero-order valence-electron chi connectivity index (χ0n) is 14.2. The topological polar surface area (TPSA) is 59.9 Å². The van der Waals surface area contributed by atoms with E-state index in [1.165, 1.54) is 0 Å². The minimum Gasteiger partial charge on any atom is -0.422 e. The van der Waals surface area contributed by atoms with Gasteiger partial charge < -0.3 is 9.32 Å². The molecule has 0 spiro atoms. The van der Waals surface area contributed by atoms with Gasteiger partial charge in [0.2, 0.25) is 0 Å². The van der Waals surface area contributed by atoms with Crippen LogP contribution in [0, 0.1) is 0 Å². The Morgan fingerprint density at radius 2 is 1.76 bits per heavy atom. The van der Waals surface area contributed by atoms with Crippen LogP contribution in [0.3, 0.4) is 0 Å². The first-order chi connectivity index (χ1) is 12.2. The maximum atomic E-state index is 12.5. The first-order valence-electron chi connectivity index (χ1n) is 8.42. The highest BCUT2D eigenvalue weighted by molar-refractivity contribution is 6.08. The molecular weight excluding hydrogens is 314 g/mol. The molecule has 0 N–H and O–H groups in total. The third-order valence-electron chi connectivity index (χ3n) is 4.42. The number of benzene rings is 2. The maximum Gasteiger partial charge on any atom is 0.347 e. The van der Waals surface area contributed by atoms with E-state index >= 15 is 0 Å². The van der Waals surface area contributed by atoms with Crippen molar-refractivity contribution in [3.8, 4) is 0 Å². The Labute approximate surface area is 145 Å². The van der Waals surface area contributed by atoms with Crippen molar-refractivity contribution in [2.24, 2.45) is 4.99 Å². The number of nitrogens with zero attached hydrogens (tertiary/aromatic N) is 3.